The van der Waals surface area contributed by atoms with Crippen molar-refractivity contribution in [1.82, 2.24) is 5.32 Å². The van der Waals surface area contributed by atoms with Crippen LogP contribution < -0.4 is 15.4 Å². The van der Waals surface area contributed by atoms with Crippen LogP contribution in [0, 0.1) is 0 Å². The number of hydrogen-bond donors (Lipinski definition) is 3. The van der Waals surface area contributed by atoms with Crippen molar-refractivity contribution in [3.05, 3.63) is 24.3 Å². The molecule has 0 aliphatic carbocycles. The lowest BCUT2D eigenvalue weighted by Gasteiger charge is -2.13. The predicted molar refractivity (Wildman–Crippen MR) is 70.9 cm³/mol. The van der Waals surface area contributed by atoms with Crippen molar-refractivity contribution < 1.29 is 14.6 Å². The van der Waals surface area contributed by atoms with Crippen molar-refractivity contribution in [3.8, 4) is 5.75 Å². The van der Waals surface area contributed by atoms with E-state index in [0.29, 0.717) is 5.69 Å². The first-order valence-corrected chi connectivity index (χ1v) is 6.08. The van der Waals surface area contributed by atoms with E-state index in [-0.39, 0.29) is 25.3 Å². The van der Waals surface area contributed by atoms with Crippen LogP contribution in [0.15, 0.2) is 24.3 Å². The average molecular weight is 252 g/mol. The van der Waals surface area contributed by atoms with Gasteiger partial charge in [0.1, 0.15) is 5.75 Å². The lowest BCUT2D eigenvalue weighted by Crippen LogP contribution is -2.30. The summed E-state index contributed by atoms with van der Waals surface area (Å²) in [7, 11) is 0. The number of aliphatic hydroxyl groups excluding tert-OH is 1. The Morgan fingerprint density at radius 1 is 1.39 bits per heavy atom. The number of anilines is 1. The maximum Gasteiger partial charge on any atom is 0.319 e. The lowest BCUT2D eigenvalue weighted by atomic mass is 10.3. The zero-order valence-electron chi connectivity index (χ0n) is 10.8. The molecule has 0 heterocycles. The topological polar surface area (TPSA) is 70.6 Å². The quantitative estimate of drug-likeness (QED) is 0.725. The number of nitrogens with one attached hydrogen (secondary N) is 2. The van der Waals surface area contributed by atoms with E-state index in [4.69, 9.17) is 9.84 Å². The van der Waals surface area contributed by atoms with Crippen LogP contribution in [-0.2, 0) is 0 Å². The Kier molecular flexibility index (Phi) is 6.00. The lowest BCUT2D eigenvalue weighted by molar-refractivity contribution is 0.217. The molecule has 0 spiro atoms. The highest BCUT2D eigenvalue weighted by Crippen LogP contribution is 2.17. The molecule has 0 saturated heterocycles. The van der Waals surface area contributed by atoms with Gasteiger partial charge in [0.15, 0.2) is 0 Å². The Balaban J connectivity index is 2.47. The standard InChI is InChI=1S/C13H20N2O3/c1-3-10(2)18-12-6-4-11(5-7-12)15-13(17)14-8-9-16/h4-7,10,16H,3,8-9H2,1-2H3,(H2,14,15,17). The molecular weight excluding hydrogens is 232 g/mol. The molecule has 18 heavy (non-hydrogen) atoms. The second-order valence-electron chi connectivity index (χ2n) is 3.97. The summed E-state index contributed by atoms with van der Waals surface area (Å²) in [6, 6.07) is 6.84. The summed E-state index contributed by atoms with van der Waals surface area (Å²) < 4.78 is 5.63. The van der Waals surface area contributed by atoms with Gasteiger partial charge in [-0.1, -0.05) is 6.92 Å². The third-order valence-electron chi connectivity index (χ3n) is 2.42. The number of amides is 2. The fourth-order valence-electron chi connectivity index (χ4n) is 1.28. The number of carbonyl (C=O) groups excluding carboxylic acids is 1. The van der Waals surface area contributed by atoms with Crippen molar-refractivity contribution in [2.75, 3.05) is 18.5 Å². The van der Waals surface area contributed by atoms with Crippen LogP contribution >= 0.6 is 0 Å². The molecule has 1 aromatic carbocycles. The Labute approximate surface area is 107 Å². The average Bonchev–Trinajstić information content (AvgIpc) is 2.38. The van der Waals surface area contributed by atoms with Gasteiger partial charge in [0.25, 0.3) is 0 Å². The highest BCUT2D eigenvalue weighted by Gasteiger charge is 2.03. The van der Waals surface area contributed by atoms with Crippen molar-refractivity contribution in [1.29, 1.82) is 0 Å². The first kappa shape index (κ1) is 14.3. The zero-order valence-corrected chi connectivity index (χ0v) is 10.8. The predicted octanol–water partition coefficient (Wildman–Crippen LogP) is 1.98. The first-order chi connectivity index (χ1) is 8.65. The van der Waals surface area contributed by atoms with Gasteiger partial charge in [0.2, 0.25) is 0 Å². The first-order valence-electron chi connectivity index (χ1n) is 6.08. The molecule has 0 aromatic heterocycles. The molecule has 0 aliphatic rings. The third-order valence-corrected chi connectivity index (χ3v) is 2.42. The van der Waals surface area contributed by atoms with Crippen molar-refractivity contribution in [2.24, 2.45) is 0 Å². The second kappa shape index (κ2) is 7.55. The van der Waals surface area contributed by atoms with Crippen molar-refractivity contribution in [2.45, 2.75) is 26.4 Å². The molecular formula is C13H20N2O3. The van der Waals surface area contributed by atoms with Crippen LogP contribution in [0.25, 0.3) is 0 Å². The number of urea groups is 1. The maximum atomic E-state index is 11.3. The summed E-state index contributed by atoms with van der Waals surface area (Å²) in [5.74, 6) is 0.783. The molecule has 5 heteroatoms. The van der Waals surface area contributed by atoms with Gasteiger partial charge in [0, 0.05) is 12.2 Å². The number of benzene rings is 1. The molecule has 2 amide bonds. The van der Waals surface area contributed by atoms with Crippen LogP contribution in [0.3, 0.4) is 0 Å². The van der Waals surface area contributed by atoms with Gasteiger partial charge < -0.3 is 20.5 Å². The van der Waals surface area contributed by atoms with Gasteiger partial charge >= 0.3 is 6.03 Å². The van der Waals surface area contributed by atoms with Crippen molar-refractivity contribution in [3.63, 3.8) is 0 Å². The van der Waals surface area contributed by atoms with Crippen molar-refractivity contribution >= 4 is 11.7 Å². The highest BCUT2D eigenvalue weighted by atomic mass is 16.5. The van der Waals surface area contributed by atoms with Gasteiger partial charge in [-0.05, 0) is 37.6 Å². The van der Waals surface area contributed by atoms with Crippen LogP contribution in [0.1, 0.15) is 20.3 Å². The number of rotatable bonds is 6. The van der Waals surface area contributed by atoms with Crippen LogP contribution in [0.4, 0.5) is 10.5 Å². The highest BCUT2D eigenvalue weighted by molar-refractivity contribution is 5.89. The van der Waals surface area contributed by atoms with Crippen LogP contribution in [-0.4, -0.2) is 30.4 Å². The third kappa shape index (κ3) is 5.05. The van der Waals surface area contributed by atoms with E-state index in [1.807, 2.05) is 19.1 Å². The molecule has 1 atom stereocenters. The number of carbonyl (C=O) groups is 1. The molecule has 100 valence electrons. The number of hydrogen-bond acceptors (Lipinski definition) is 3. The fourth-order valence-corrected chi connectivity index (χ4v) is 1.28. The monoisotopic (exact) mass is 252 g/mol. The molecule has 0 saturated carbocycles. The number of ether oxygens (including phenoxy) is 1. The maximum absolute atomic E-state index is 11.3. The molecule has 3 N–H and O–H groups in total. The molecule has 0 bridgehead atoms. The summed E-state index contributed by atoms with van der Waals surface area (Å²) in [6.07, 6.45) is 1.13. The largest absolute Gasteiger partial charge is 0.491 e. The van der Waals surface area contributed by atoms with Gasteiger partial charge in [-0.2, -0.15) is 0 Å². The minimum Gasteiger partial charge on any atom is -0.491 e. The second-order valence-corrected chi connectivity index (χ2v) is 3.97. The van der Waals surface area contributed by atoms with E-state index in [2.05, 4.69) is 17.6 Å². The summed E-state index contributed by atoms with van der Waals surface area (Å²) in [5, 5.41) is 13.7. The summed E-state index contributed by atoms with van der Waals surface area (Å²) >= 11 is 0. The molecule has 1 unspecified atom stereocenters. The summed E-state index contributed by atoms with van der Waals surface area (Å²) in [4.78, 5) is 11.3. The van der Waals surface area contributed by atoms with E-state index in [0.717, 1.165) is 12.2 Å². The zero-order chi connectivity index (χ0) is 13.4. The minimum absolute atomic E-state index is 0.0743. The van der Waals surface area contributed by atoms with E-state index < -0.39 is 0 Å². The Hall–Kier alpha value is -1.75. The summed E-state index contributed by atoms with van der Waals surface area (Å²) in [5.41, 5.74) is 0.682. The summed E-state index contributed by atoms with van der Waals surface area (Å²) in [6.45, 7) is 4.23. The fraction of sp³-hybridized carbons (Fsp3) is 0.462. The van der Waals surface area contributed by atoms with Gasteiger partial charge in [0.05, 0.1) is 12.7 Å². The van der Waals surface area contributed by atoms with Gasteiger partial charge in [-0.3, -0.25) is 0 Å². The Morgan fingerprint density at radius 2 is 2.06 bits per heavy atom. The SMILES string of the molecule is CCC(C)Oc1ccc(NC(=O)NCCO)cc1. The molecule has 1 aromatic rings. The van der Waals surface area contributed by atoms with Gasteiger partial charge in [-0.15, -0.1) is 0 Å². The minimum atomic E-state index is -0.334. The Morgan fingerprint density at radius 3 is 2.61 bits per heavy atom. The van der Waals surface area contributed by atoms with E-state index in [1.54, 1.807) is 12.1 Å². The van der Waals surface area contributed by atoms with E-state index in [1.165, 1.54) is 0 Å². The normalized spacial score (nSPS) is 11.7. The molecule has 5 nitrogen and oxygen atoms in total. The van der Waals surface area contributed by atoms with Crippen LogP contribution in [0.2, 0.25) is 0 Å². The molecule has 0 fully saturated rings. The Bertz CT molecular complexity index is 365. The molecule has 0 aliphatic heterocycles. The van der Waals surface area contributed by atoms with Crippen LogP contribution in [0.5, 0.6) is 5.75 Å². The molecule has 1 rings (SSSR count). The van der Waals surface area contributed by atoms with E-state index in [9.17, 15) is 4.79 Å². The van der Waals surface area contributed by atoms with E-state index >= 15 is 0 Å². The molecule has 0 radical (unpaired) electrons. The van der Waals surface area contributed by atoms with Gasteiger partial charge in [-0.25, -0.2) is 4.79 Å². The number of aliphatic hydroxyl groups is 1. The smallest absolute Gasteiger partial charge is 0.319 e.